The zero-order valence-electron chi connectivity index (χ0n) is 12.6. The summed E-state index contributed by atoms with van der Waals surface area (Å²) in [7, 11) is 0. The van der Waals surface area contributed by atoms with E-state index in [1.807, 2.05) is 49.4 Å². The van der Waals surface area contributed by atoms with E-state index in [4.69, 9.17) is 11.6 Å². The second-order valence-electron chi connectivity index (χ2n) is 5.11. The van der Waals surface area contributed by atoms with E-state index in [2.05, 4.69) is 17.4 Å². The van der Waals surface area contributed by atoms with Crippen LogP contribution >= 0.6 is 23.4 Å². The van der Waals surface area contributed by atoms with Crippen LogP contribution in [0.1, 0.15) is 18.1 Å². The molecule has 4 heteroatoms. The minimum absolute atomic E-state index is 0.0505. The number of thioether (sulfide) groups is 1. The molecule has 0 aliphatic heterocycles. The second kappa shape index (κ2) is 8.86. The van der Waals surface area contributed by atoms with Crippen LogP contribution in [-0.4, -0.2) is 17.7 Å². The normalized spacial score (nSPS) is 11.9. The van der Waals surface area contributed by atoms with Crippen molar-refractivity contribution in [3.05, 3.63) is 70.7 Å². The lowest BCUT2D eigenvalue weighted by molar-refractivity contribution is -0.120. The molecule has 0 radical (unpaired) electrons. The Labute approximate surface area is 141 Å². The predicted octanol–water partition coefficient (Wildman–Crippen LogP) is 4.32. The van der Waals surface area contributed by atoms with Gasteiger partial charge < -0.3 is 5.32 Å². The topological polar surface area (TPSA) is 29.1 Å². The van der Waals surface area contributed by atoms with Gasteiger partial charge in [-0.1, -0.05) is 54.1 Å². The van der Waals surface area contributed by atoms with Gasteiger partial charge in [0, 0.05) is 17.3 Å². The Kier molecular flexibility index (Phi) is 6.81. The third-order valence-electron chi connectivity index (χ3n) is 3.34. The number of carbonyl (C=O) groups excluding carboxylic acids is 1. The molecule has 0 aliphatic rings. The molecule has 1 amide bonds. The zero-order chi connectivity index (χ0) is 15.8. The molecule has 0 unspecified atom stereocenters. The summed E-state index contributed by atoms with van der Waals surface area (Å²) < 4.78 is 0. The molecule has 2 aromatic rings. The van der Waals surface area contributed by atoms with Crippen LogP contribution in [0.2, 0.25) is 5.02 Å². The molecule has 0 spiro atoms. The summed E-state index contributed by atoms with van der Waals surface area (Å²) >= 11 is 7.51. The molecule has 22 heavy (non-hydrogen) atoms. The number of nitrogens with one attached hydrogen (secondary N) is 1. The molecule has 0 aliphatic carbocycles. The third kappa shape index (κ3) is 5.74. The number of rotatable bonds is 7. The fraction of sp³-hybridized carbons (Fsp3) is 0.278. The number of hydrogen-bond donors (Lipinski definition) is 1. The lowest BCUT2D eigenvalue weighted by Gasteiger charge is -2.12. The molecule has 2 rings (SSSR count). The smallest absolute Gasteiger partial charge is 0.232 e. The van der Waals surface area contributed by atoms with Gasteiger partial charge in [-0.25, -0.2) is 0 Å². The van der Waals surface area contributed by atoms with Gasteiger partial charge in [0.05, 0.1) is 5.25 Å². The number of carbonyl (C=O) groups is 1. The van der Waals surface area contributed by atoms with Gasteiger partial charge >= 0.3 is 0 Å². The van der Waals surface area contributed by atoms with Crippen molar-refractivity contribution in [1.82, 2.24) is 5.32 Å². The van der Waals surface area contributed by atoms with E-state index in [-0.39, 0.29) is 11.2 Å². The first-order chi connectivity index (χ1) is 10.6. The van der Waals surface area contributed by atoms with Crippen molar-refractivity contribution in [1.29, 1.82) is 0 Å². The van der Waals surface area contributed by atoms with E-state index in [9.17, 15) is 4.79 Å². The van der Waals surface area contributed by atoms with Crippen LogP contribution in [-0.2, 0) is 17.0 Å². The Hall–Kier alpha value is -1.45. The molecule has 1 N–H and O–H groups in total. The maximum absolute atomic E-state index is 12.1. The molecule has 0 saturated carbocycles. The monoisotopic (exact) mass is 333 g/mol. The standard InChI is InChI=1S/C18H20ClNOS/c1-14(22-13-16-5-3-2-4-6-16)18(21)20-12-11-15-7-9-17(19)10-8-15/h2-10,14H,11-13H2,1H3,(H,20,21)/t14-/m0/s1. The maximum Gasteiger partial charge on any atom is 0.232 e. The molecule has 2 nitrogen and oxygen atoms in total. The van der Waals surface area contributed by atoms with Crippen molar-refractivity contribution < 1.29 is 4.79 Å². The Bertz CT molecular complexity index is 586. The minimum atomic E-state index is -0.0505. The van der Waals surface area contributed by atoms with E-state index < -0.39 is 0 Å². The Morgan fingerprint density at radius 2 is 1.77 bits per heavy atom. The summed E-state index contributed by atoms with van der Waals surface area (Å²) in [5.41, 5.74) is 2.42. The molecular formula is C18H20ClNOS. The Morgan fingerprint density at radius 1 is 1.09 bits per heavy atom. The van der Waals surface area contributed by atoms with Crippen molar-refractivity contribution in [2.45, 2.75) is 24.3 Å². The van der Waals surface area contributed by atoms with Crippen LogP contribution < -0.4 is 5.32 Å². The van der Waals surface area contributed by atoms with Crippen molar-refractivity contribution in [3.63, 3.8) is 0 Å². The highest BCUT2D eigenvalue weighted by molar-refractivity contribution is 7.99. The Morgan fingerprint density at radius 3 is 2.45 bits per heavy atom. The molecule has 0 bridgehead atoms. The summed E-state index contributed by atoms with van der Waals surface area (Å²) in [4.78, 5) is 12.1. The molecule has 0 fully saturated rings. The number of hydrogen-bond acceptors (Lipinski definition) is 2. The predicted molar refractivity (Wildman–Crippen MR) is 95.4 cm³/mol. The van der Waals surface area contributed by atoms with Crippen LogP contribution in [0, 0.1) is 0 Å². The van der Waals surface area contributed by atoms with Gasteiger partial charge in [-0.3, -0.25) is 4.79 Å². The average molecular weight is 334 g/mol. The lowest BCUT2D eigenvalue weighted by Crippen LogP contribution is -2.32. The fourth-order valence-corrected chi connectivity index (χ4v) is 2.99. The molecule has 0 saturated heterocycles. The number of amides is 1. The first-order valence-electron chi connectivity index (χ1n) is 7.33. The SMILES string of the molecule is C[C@H](SCc1ccccc1)C(=O)NCCc1ccc(Cl)cc1. The molecule has 1 atom stereocenters. The highest BCUT2D eigenvalue weighted by Crippen LogP contribution is 2.17. The lowest BCUT2D eigenvalue weighted by atomic mass is 10.1. The largest absolute Gasteiger partial charge is 0.355 e. The molecule has 0 heterocycles. The summed E-state index contributed by atoms with van der Waals surface area (Å²) in [5, 5.41) is 3.67. The van der Waals surface area contributed by atoms with E-state index in [0.717, 1.165) is 17.2 Å². The van der Waals surface area contributed by atoms with Gasteiger partial charge in [-0.15, -0.1) is 11.8 Å². The quantitative estimate of drug-likeness (QED) is 0.817. The number of halogens is 1. The van der Waals surface area contributed by atoms with Crippen LogP contribution in [0.5, 0.6) is 0 Å². The van der Waals surface area contributed by atoms with Gasteiger partial charge in [0.2, 0.25) is 5.91 Å². The first kappa shape index (κ1) is 16.9. The van der Waals surface area contributed by atoms with E-state index in [1.54, 1.807) is 11.8 Å². The molecule has 116 valence electrons. The summed E-state index contributed by atoms with van der Waals surface area (Å²) in [6.07, 6.45) is 0.818. The van der Waals surface area contributed by atoms with Gasteiger partial charge in [0.25, 0.3) is 0 Å². The molecule has 0 aromatic heterocycles. The summed E-state index contributed by atoms with van der Waals surface area (Å²) in [6, 6.07) is 17.9. The fourth-order valence-electron chi connectivity index (χ4n) is 2.00. The Balaban J connectivity index is 1.69. The maximum atomic E-state index is 12.1. The number of benzene rings is 2. The van der Waals surface area contributed by atoms with E-state index in [0.29, 0.717) is 6.54 Å². The zero-order valence-corrected chi connectivity index (χ0v) is 14.2. The van der Waals surface area contributed by atoms with Gasteiger partial charge in [-0.05, 0) is 36.6 Å². The van der Waals surface area contributed by atoms with Crippen LogP contribution in [0.15, 0.2) is 54.6 Å². The molecule has 2 aromatic carbocycles. The summed E-state index contributed by atoms with van der Waals surface area (Å²) in [6.45, 7) is 2.60. The first-order valence-corrected chi connectivity index (χ1v) is 8.75. The third-order valence-corrected chi connectivity index (χ3v) is 4.80. The van der Waals surface area contributed by atoms with Gasteiger partial charge in [0.15, 0.2) is 0 Å². The van der Waals surface area contributed by atoms with Crippen molar-refractivity contribution in [2.24, 2.45) is 0 Å². The van der Waals surface area contributed by atoms with Crippen LogP contribution in [0.4, 0.5) is 0 Å². The van der Waals surface area contributed by atoms with E-state index >= 15 is 0 Å². The summed E-state index contributed by atoms with van der Waals surface area (Å²) in [5.74, 6) is 0.946. The van der Waals surface area contributed by atoms with Crippen LogP contribution in [0.3, 0.4) is 0 Å². The van der Waals surface area contributed by atoms with Crippen molar-refractivity contribution in [2.75, 3.05) is 6.54 Å². The minimum Gasteiger partial charge on any atom is -0.355 e. The molecular weight excluding hydrogens is 314 g/mol. The van der Waals surface area contributed by atoms with Crippen molar-refractivity contribution >= 4 is 29.3 Å². The van der Waals surface area contributed by atoms with E-state index in [1.165, 1.54) is 11.1 Å². The van der Waals surface area contributed by atoms with Crippen LogP contribution in [0.25, 0.3) is 0 Å². The highest BCUT2D eigenvalue weighted by atomic mass is 35.5. The van der Waals surface area contributed by atoms with Gasteiger partial charge in [-0.2, -0.15) is 0 Å². The second-order valence-corrected chi connectivity index (χ2v) is 6.87. The van der Waals surface area contributed by atoms with Gasteiger partial charge in [0.1, 0.15) is 0 Å². The van der Waals surface area contributed by atoms with Crippen molar-refractivity contribution in [3.8, 4) is 0 Å². The average Bonchev–Trinajstić information content (AvgIpc) is 2.55. The highest BCUT2D eigenvalue weighted by Gasteiger charge is 2.12.